The van der Waals surface area contributed by atoms with Crippen LogP contribution in [0.4, 0.5) is 5.82 Å². The fraction of sp³-hybridized carbons (Fsp3) is 0.688. The van der Waals surface area contributed by atoms with E-state index >= 15 is 0 Å². The van der Waals surface area contributed by atoms with Crippen LogP contribution in [-0.4, -0.2) is 22.5 Å². The largest absolute Gasteiger partial charge is 0.384 e. The second-order valence-corrected chi connectivity index (χ2v) is 6.18. The highest BCUT2D eigenvalue weighted by Crippen LogP contribution is 2.25. The Kier molecular flexibility index (Phi) is 5.20. The number of hydrogen-bond donors (Lipinski definition) is 1. The third kappa shape index (κ3) is 4.50. The summed E-state index contributed by atoms with van der Waals surface area (Å²) in [4.78, 5) is 6.73. The summed E-state index contributed by atoms with van der Waals surface area (Å²) in [5.41, 5.74) is 7.07. The maximum absolute atomic E-state index is 5.78. The Morgan fingerprint density at radius 3 is 2.74 bits per heavy atom. The molecule has 0 spiro atoms. The van der Waals surface area contributed by atoms with Crippen molar-refractivity contribution in [2.75, 3.05) is 12.3 Å². The highest BCUT2D eigenvalue weighted by molar-refractivity contribution is 5.31. The number of nitrogen functional groups attached to an aromatic ring is 1. The number of nitrogens with zero attached hydrogens (tertiary/aromatic N) is 2. The molecule has 0 unspecified atom stereocenters. The first-order valence-corrected chi connectivity index (χ1v) is 7.59. The van der Waals surface area contributed by atoms with Gasteiger partial charge in [-0.25, -0.2) is 4.98 Å². The van der Waals surface area contributed by atoms with E-state index < -0.39 is 0 Å². The maximum atomic E-state index is 5.78. The van der Waals surface area contributed by atoms with Crippen molar-refractivity contribution in [1.82, 2.24) is 9.88 Å². The van der Waals surface area contributed by atoms with Gasteiger partial charge in [0.05, 0.1) is 0 Å². The van der Waals surface area contributed by atoms with Gasteiger partial charge in [-0.15, -0.1) is 0 Å². The third-order valence-electron chi connectivity index (χ3n) is 4.07. The van der Waals surface area contributed by atoms with Crippen molar-refractivity contribution < 1.29 is 0 Å². The number of rotatable bonds is 6. The fourth-order valence-electron chi connectivity index (χ4n) is 2.91. The second kappa shape index (κ2) is 6.90. The van der Waals surface area contributed by atoms with Gasteiger partial charge >= 0.3 is 0 Å². The molecule has 106 valence electrons. The van der Waals surface area contributed by atoms with Crippen LogP contribution in [0.5, 0.6) is 0 Å². The molecule has 2 rings (SSSR count). The van der Waals surface area contributed by atoms with Crippen LogP contribution in [0.3, 0.4) is 0 Å². The van der Waals surface area contributed by atoms with Crippen LogP contribution in [0.2, 0.25) is 0 Å². The van der Waals surface area contributed by atoms with E-state index in [1.165, 1.54) is 44.2 Å². The quantitative estimate of drug-likeness (QED) is 0.852. The van der Waals surface area contributed by atoms with E-state index in [9.17, 15) is 0 Å². The Bertz CT molecular complexity index is 383. The highest BCUT2D eigenvalue weighted by Gasteiger charge is 2.22. The number of hydrogen-bond acceptors (Lipinski definition) is 3. The molecule has 0 radical (unpaired) electrons. The zero-order valence-corrected chi connectivity index (χ0v) is 12.3. The predicted octanol–water partition coefficient (Wildman–Crippen LogP) is 3.45. The minimum atomic E-state index is 0.632. The van der Waals surface area contributed by atoms with Crippen LogP contribution in [0.25, 0.3) is 0 Å². The third-order valence-corrected chi connectivity index (χ3v) is 4.07. The van der Waals surface area contributed by atoms with Gasteiger partial charge in [-0.1, -0.05) is 26.7 Å². The van der Waals surface area contributed by atoms with Gasteiger partial charge in [0, 0.05) is 18.8 Å². The monoisotopic (exact) mass is 261 g/mol. The number of anilines is 1. The number of aromatic nitrogens is 1. The Hall–Kier alpha value is -1.09. The Balaban J connectivity index is 1.99. The molecule has 0 amide bonds. The summed E-state index contributed by atoms with van der Waals surface area (Å²) in [5.74, 6) is 1.40. The molecule has 1 heterocycles. The van der Waals surface area contributed by atoms with Crippen molar-refractivity contribution in [2.45, 2.75) is 58.5 Å². The van der Waals surface area contributed by atoms with E-state index in [2.05, 4.69) is 29.8 Å². The highest BCUT2D eigenvalue weighted by atomic mass is 15.2. The first-order chi connectivity index (χ1) is 9.15. The normalized spacial score (nSPS) is 16.6. The topological polar surface area (TPSA) is 42.2 Å². The Morgan fingerprint density at radius 1 is 1.37 bits per heavy atom. The molecule has 1 aromatic heterocycles. The van der Waals surface area contributed by atoms with Crippen LogP contribution in [0.15, 0.2) is 18.3 Å². The molecule has 0 saturated heterocycles. The molecule has 3 heteroatoms. The molecule has 1 saturated carbocycles. The SMILES string of the molecule is CC(C)CCN(Cc1ccnc(N)c1)C1CCCC1. The summed E-state index contributed by atoms with van der Waals surface area (Å²) in [6.45, 7) is 6.82. The average Bonchev–Trinajstić information content (AvgIpc) is 2.88. The van der Waals surface area contributed by atoms with Gasteiger partial charge in [0.1, 0.15) is 5.82 Å². The fourth-order valence-corrected chi connectivity index (χ4v) is 2.91. The lowest BCUT2D eigenvalue weighted by atomic mass is 10.1. The van der Waals surface area contributed by atoms with E-state index in [0.29, 0.717) is 5.82 Å². The summed E-state index contributed by atoms with van der Waals surface area (Å²) >= 11 is 0. The van der Waals surface area contributed by atoms with Crippen molar-refractivity contribution in [1.29, 1.82) is 0 Å². The molecule has 0 aliphatic heterocycles. The van der Waals surface area contributed by atoms with Crippen LogP contribution < -0.4 is 5.73 Å². The van der Waals surface area contributed by atoms with Gasteiger partial charge in [-0.3, -0.25) is 4.90 Å². The Labute approximate surface area is 117 Å². The van der Waals surface area contributed by atoms with Gasteiger partial charge in [0.25, 0.3) is 0 Å². The summed E-state index contributed by atoms with van der Waals surface area (Å²) in [5, 5.41) is 0. The minimum absolute atomic E-state index is 0.632. The molecule has 3 nitrogen and oxygen atoms in total. The summed E-state index contributed by atoms with van der Waals surface area (Å²) in [6.07, 6.45) is 8.59. The predicted molar refractivity (Wildman–Crippen MR) is 80.8 cm³/mol. The number of nitrogens with two attached hydrogens (primary N) is 1. The van der Waals surface area contributed by atoms with Crippen molar-refractivity contribution in [2.24, 2.45) is 5.92 Å². The van der Waals surface area contributed by atoms with Gasteiger partial charge in [-0.2, -0.15) is 0 Å². The second-order valence-electron chi connectivity index (χ2n) is 6.18. The molecular formula is C16H27N3. The van der Waals surface area contributed by atoms with Crippen LogP contribution in [-0.2, 0) is 6.54 Å². The van der Waals surface area contributed by atoms with Gasteiger partial charge < -0.3 is 5.73 Å². The van der Waals surface area contributed by atoms with Crippen molar-refractivity contribution in [3.05, 3.63) is 23.9 Å². The first kappa shape index (κ1) is 14.3. The van der Waals surface area contributed by atoms with Gasteiger partial charge in [0.15, 0.2) is 0 Å². The lowest BCUT2D eigenvalue weighted by Gasteiger charge is -2.29. The minimum Gasteiger partial charge on any atom is -0.384 e. The van der Waals surface area contributed by atoms with Crippen LogP contribution >= 0.6 is 0 Å². The molecule has 2 N–H and O–H groups in total. The molecule has 1 aromatic rings. The molecule has 1 fully saturated rings. The molecule has 0 aromatic carbocycles. The zero-order chi connectivity index (χ0) is 13.7. The molecule has 1 aliphatic rings. The summed E-state index contributed by atoms with van der Waals surface area (Å²) < 4.78 is 0. The summed E-state index contributed by atoms with van der Waals surface area (Å²) in [7, 11) is 0. The lowest BCUT2D eigenvalue weighted by molar-refractivity contribution is 0.179. The lowest BCUT2D eigenvalue weighted by Crippen LogP contribution is -2.34. The first-order valence-electron chi connectivity index (χ1n) is 7.59. The van der Waals surface area contributed by atoms with Gasteiger partial charge in [0.2, 0.25) is 0 Å². The van der Waals surface area contributed by atoms with Gasteiger partial charge in [-0.05, 0) is 49.4 Å². The van der Waals surface area contributed by atoms with Crippen LogP contribution in [0.1, 0.15) is 51.5 Å². The average molecular weight is 261 g/mol. The smallest absolute Gasteiger partial charge is 0.123 e. The van der Waals surface area contributed by atoms with E-state index in [1.54, 1.807) is 0 Å². The molecule has 19 heavy (non-hydrogen) atoms. The van der Waals surface area contributed by atoms with E-state index in [1.807, 2.05) is 12.3 Å². The van der Waals surface area contributed by atoms with Crippen LogP contribution in [0, 0.1) is 5.92 Å². The molecule has 0 atom stereocenters. The standard InChI is InChI=1S/C16H27N3/c1-13(2)8-10-19(15-5-3-4-6-15)12-14-7-9-18-16(17)11-14/h7,9,11,13,15H,3-6,8,10,12H2,1-2H3,(H2,17,18). The van der Waals surface area contributed by atoms with Crippen molar-refractivity contribution in [3.8, 4) is 0 Å². The van der Waals surface area contributed by atoms with Crippen molar-refractivity contribution in [3.63, 3.8) is 0 Å². The number of pyridine rings is 1. The maximum Gasteiger partial charge on any atom is 0.123 e. The molecule has 0 bridgehead atoms. The molecular weight excluding hydrogens is 234 g/mol. The van der Waals surface area contributed by atoms with E-state index in [-0.39, 0.29) is 0 Å². The zero-order valence-electron chi connectivity index (χ0n) is 12.3. The summed E-state index contributed by atoms with van der Waals surface area (Å²) in [6, 6.07) is 4.87. The van der Waals surface area contributed by atoms with Crippen molar-refractivity contribution >= 4 is 5.82 Å². The van der Waals surface area contributed by atoms with E-state index in [0.717, 1.165) is 18.5 Å². The molecule has 1 aliphatic carbocycles. The Morgan fingerprint density at radius 2 is 2.11 bits per heavy atom. The van der Waals surface area contributed by atoms with E-state index in [4.69, 9.17) is 5.73 Å².